The van der Waals surface area contributed by atoms with Gasteiger partial charge in [0.1, 0.15) is 12.3 Å². The van der Waals surface area contributed by atoms with E-state index in [2.05, 4.69) is 20.9 Å². The number of benzene rings is 1. The molecule has 2 aromatic rings. The Morgan fingerprint density at radius 3 is 2.96 bits per heavy atom. The maximum absolute atomic E-state index is 12.3. The van der Waals surface area contributed by atoms with E-state index < -0.39 is 24.9 Å². The Balaban J connectivity index is 1.59. The highest BCUT2D eigenvalue weighted by atomic mass is 16.5. The van der Waals surface area contributed by atoms with Crippen molar-refractivity contribution in [3.8, 4) is 5.75 Å². The molecule has 0 radical (unpaired) electrons. The molecule has 148 valence electrons. The van der Waals surface area contributed by atoms with Gasteiger partial charge in [-0.15, -0.1) is 5.10 Å². The van der Waals surface area contributed by atoms with Gasteiger partial charge in [-0.05, 0) is 18.1 Å². The van der Waals surface area contributed by atoms with Crippen LogP contribution < -0.4 is 15.3 Å². The summed E-state index contributed by atoms with van der Waals surface area (Å²) in [5.41, 5.74) is 1.18. The lowest BCUT2D eigenvalue weighted by Crippen LogP contribution is -2.53. The fourth-order valence-electron chi connectivity index (χ4n) is 2.91. The SMILES string of the molecule is O=C(Cn1cc(CNCCO)nn1)N[C@H]1Cc2cccc(C(=O)O)c2OB1O. The molecular formula is C16H20BN5O6. The molecule has 0 aliphatic carbocycles. The summed E-state index contributed by atoms with van der Waals surface area (Å²) in [6.45, 7) is 0.760. The van der Waals surface area contributed by atoms with Gasteiger partial charge in [0.2, 0.25) is 5.91 Å². The first-order chi connectivity index (χ1) is 13.5. The van der Waals surface area contributed by atoms with Crippen molar-refractivity contribution >= 4 is 19.0 Å². The second-order valence-corrected chi connectivity index (χ2v) is 6.29. The molecular weight excluding hydrogens is 369 g/mol. The largest absolute Gasteiger partial charge is 0.547 e. The lowest BCUT2D eigenvalue weighted by molar-refractivity contribution is -0.122. The number of para-hydroxylation sites is 1. The number of carboxylic acid groups (broad SMARTS) is 1. The Morgan fingerprint density at radius 2 is 2.21 bits per heavy atom. The minimum absolute atomic E-state index is 0.0133. The third-order valence-electron chi connectivity index (χ3n) is 4.18. The molecule has 12 heteroatoms. The van der Waals surface area contributed by atoms with Crippen LogP contribution in [0.1, 0.15) is 21.6 Å². The molecule has 1 aliphatic rings. The zero-order valence-electron chi connectivity index (χ0n) is 14.9. The lowest BCUT2D eigenvalue weighted by atomic mass is 9.72. The molecule has 0 spiro atoms. The van der Waals surface area contributed by atoms with Gasteiger partial charge < -0.3 is 30.5 Å². The van der Waals surface area contributed by atoms with Gasteiger partial charge in [-0.3, -0.25) is 4.79 Å². The van der Waals surface area contributed by atoms with E-state index in [4.69, 9.17) is 9.76 Å². The predicted molar refractivity (Wildman–Crippen MR) is 96.5 cm³/mol. The summed E-state index contributed by atoms with van der Waals surface area (Å²) >= 11 is 0. The van der Waals surface area contributed by atoms with Crippen LogP contribution in [-0.2, 0) is 24.3 Å². The van der Waals surface area contributed by atoms with Crippen molar-refractivity contribution in [2.45, 2.75) is 25.5 Å². The van der Waals surface area contributed by atoms with E-state index in [0.29, 0.717) is 24.3 Å². The predicted octanol–water partition coefficient (Wildman–Crippen LogP) is -1.80. The molecule has 1 aliphatic heterocycles. The van der Waals surface area contributed by atoms with Gasteiger partial charge in [0, 0.05) is 13.1 Å². The number of carbonyl (C=O) groups excluding carboxylic acids is 1. The maximum Gasteiger partial charge on any atom is 0.547 e. The molecule has 0 saturated carbocycles. The summed E-state index contributed by atoms with van der Waals surface area (Å²) in [6, 6.07) is 4.67. The first kappa shape index (κ1) is 19.8. The Labute approximate surface area is 160 Å². The number of aliphatic hydroxyl groups is 1. The van der Waals surface area contributed by atoms with Crippen LogP contribution in [0, 0.1) is 0 Å². The smallest absolute Gasteiger partial charge is 0.534 e. The number of aliphatic hydroxyl groups excluding tert-OH is 1. The summed E-state index contributed by atoms with van der Waals surface area (Å²) in [5.74, 6) is -2.16. The summed E-state index contributed by atoms with van der Waals surface area (Å²) in [5, 5.41) is 41.5. The second-order valence-electron chi connectivity index (χ2n) is 6.29. The maximum atomic E-state index is 12.3. The number of carboxylic acids is 1. The number of aromatic carboxylic acids is 1. The fourth-order valence-corrected chi connectivity index (χ4v) is 2.91. The molecule has 28 heavy (non-hydrogen) atoms. The number of nitrogens with zero attached hydrogens (tertiary/aromatic N) is 3. The van der Waals surface area contributed by atoms with Crippen LogP contribution in [0.25, 0.3) is 0 Å². The van der Waals surface area contributed by atoms with Gasteiger partial charge in [0.05, 0.1) is 30.0 Å². The van der Waals surface area contributed by atoms with Crippen molar-refractivity contribution in [1.29, 1.82) is 0 Å². The third-order valence-corrected chi connectivity index (χ3v) is 4.18. The Hall–Kier alpha value is -2.96. The zero-order chi connectivity index (χ0) is 20.1. The quantitative estimate of drug-likeness (QED) is 0.259. The molecule has 5 N–H and O–H groups in total. The van der Waals surface area contributed by atoms with E-state index in [-0.39, 0.29) is 30.9 Å². The lowest BCUT2D eigenvalue weighted by Gasteiger charge is -2.28. The monoisotopic (exact) mass is 389 g/mol. The van der Waals surface area contributed by atoms with E-state index in [1.54, 1.807) is 18.3 Å². The Kier molecular flexibility index (Phi) is 6.24. The fraction of sp³-hybridized carbons (Fsp3) is 0.375. The number of carbonyl (C=O) groups is 2. The summed E-state index contributed by atoms with van der Waals surface area (Å²) in [7, 11) is -1.37. The van der Waals surface area contributed by atoms with Crippen LogP contribution in [0.5, 0.6) is 5.75 Å². The van der Waals surface area contributed by atoms with Gasteiger partial charge in [-0.2, -0.15) is 0 Å². The standard InChI is InChI=1S/C16H20BN5O6/c23-5-4-18-7-11-8-22(21-20-11)9-14(24)19-13-6-10-2-1-3-12(16(25)26)15(10)28-17(13)27/h1-3,8,13,18,23,27H,4-7,9H2,(H,19,24)(H,25,26)/t13-/m0/s1. The van der Waals surface area contributed by atoms with Crippen molar-refractivity contribution in [3.05, 3.63) is 41.2 Å². The van der Waals surface area contributed by atoms with E-state index in [9.17, 15) is 19.7 Å². The molecule has 3 rings (SSSR count). The number of amides is 1. The average Bonchev–Trinajstić information content (AvgIpc) is 3.09. The number of hydrogen-bond acceptors (Lipinski definition) is 8. The van der Waals surface area contributed by atoms with Crippen LogP contribution >= 0.6 is 0 Å². The van der Waals surface area contributed by atoms with Crippen molar-refractivity contribution in [3.63, 3.8) is 0 Å². The first-order valence-electron chi connectivity index (χ1n) is 8.67. The van der Waals surface area contributed by atoms with E-state index in [1.807, 2.05) is 0 Å². The van der Waals surface area contributed by atoms with Crippen molar-refractivity contribution in [2.75, 3.05) is 13.2 Å². The number of aromatic nitrogens is 3. The summed E-state index contributed by atoms with van der Waals surface area (Å²) in [4.78, 5) is 23.5. The van der Waals surface area contributed by atoms with Crippen LogP contribution in [0.15, 0.2) is 24.4 Å². The van der Waals surface area contributed by atoms with Crippen LogP contribution in [-0.4, -0.2) is 68.3 Å². The molecule has 1 aromatic carbocycles. The minimum atomic E-state index is -1.37. The molecule has 0 saturated heterocycles. The molecule has 1 atom stereocenters. The average molecular weight is 389 g/mol. The van der Waals surface area contributed by atoms with Crippen molar-refractivity contribution in [2.24, 2.45) is 0 Å². The number of fused-ring (bicyclic) bond motifs is 1. The second kappa shape index (κ2) is 8.82. The van der Waals surface area contributed by atoms with Crippen molar-refractivity contribution < 1.29 is 29.5 Å². The molecule has 0 fully saturated rings. The Morgan fingerprint density at radius 1 is 1.39 bits per heavy atom. The van der Waals surface area contributed by atoms with Crippen molar-refractivity contribution in [1.82, 2.24) is 25.6 Å². The van der Waals surface area contributed by atoms with Gasteiger partial charge in [-0.1, -0.05) is 17.3 Å². The van der Waals surface area contributed by atoms with Gasteiger partial charge in [0.15, 0.2) is 0 Å². The topological polar surface area (TPSA) is 159 Å². The Bertz CT molecular complexity index is 860. The highest BCUT2D eigenvalue weighted by molar-refractivity contribution is 6.47. The van der Waals surface area contributed by atoms with Crippen LogP contribution in [0.3, 0.4) is 0 Å². The van der Waals surface area contributed by atoms with E-state index in [0.717, 1.165) is 0 Å². The first-order valence-corrected chi connectivity index (χ1v) is 8.67. The molecule has 1 aromatic heterocycles. The number of hydrogen-bond donors (Lipinski definition) is 5. The summed E-state index contributed by atoms with van der Waals surface area (Å²) in [6.07, 6.45) is 1.84. The van der Waals surface area contributed by atoms with Gasteiger partial charge in [-0.25, -0.2) is 9.48 Å². The van der Waals surface area contributed by atoms with Crippen LogP contribution in [0.4, 0.5) is 0 Å². The van der Waals surface area contributed by atoms with Gasteiger partial charge >= 0.3 is 13.1 Å². The molecule has 0 bridgehead atoms. The normalized spacial score (nSPS) is 15.6. The molecule has 1 amide bonds. The van der Waals surface area contributed by atoms with E-state index in [1.165, 1.54) is 10.7 Å². The third kappa shape index (κ3) is 4.66. The molecule has 0 unspecified atom stereocenters. The highest BCUT2D eigenvalue weighted by Crippen LogP contribution is 2.30. The minimum Gasteiger partial charge on any atom is -0.534 e. The van der Waals surface area contributed by atoms with Gasteiger partial charge in [0.25, 0.3) is 0 Å². The summed E-state index contributed by atoms with van der Waals surface area (Å²) < 4.78 is 6.70. The molecule has 11 nitrogen and oxygen atoms in total. The van der Waals surface area contributed by atoms with E-state index >= 15 is 0 Å². The zero-order valence-corrected chi connectivity index (χ0v) is 14.9. The van der Waals surface area contributed by atoms with Crippen LogP contribution in [0.2, 0.25) is 0 Å². The molecule has 2 heterocycles. The highest BCUT2D eigenvalue weighted by Gasteiger charge is 2.37. The number of nitrogens with one attached hydrogen (secondary N) is 2. The number of rotatable bonds is 8.